The van der Waals surface area contributed by atoms with Gasteiger partial charge >= 0.3 is 5.97 Å². The van der Waals surface area contributed by atoms with Crippen molar-refractivity contribution in [2.75, 3.05) is 6.61 Å². The number of carbonyl (C=O) groups is 1. The number of ether oxygens (including phenoxy) is 1. The van der Waals surface area contributed by atoms with Crippen molar-refractivity contribution in [1.29, 1.82) is 0 Å². The number of carboxylic acids is 1. The Labute approximate surface area is 87.5 Å². The van der Waals surface area contributed by atoms with Crippen molar-refractivity contribution in [3.8, 4) is 0 Å². The molecule has 0 unspecified atom stereocenters. The lowest BCUT2D eigenvalue weighted by atomic mass is 10.2. The summed E-state index contributed by atoms with van der Waals surface area (Å²) in [4.78, 5) is 10.1. The fraction of sp³-hybridized carbons (Fsp3) is 0.364. The molecule has 0 fully saturated rings. The molecule has 3 nitrogen and oxygen atoms in total. The molecule has 0 radical (unpaired) electrons. The smallest absolute Gasteiger partial charge is 0.338 e. The first-order valence-corrected chi connectivity index (χ1v) is 4.68. The van der Waals surface area contributed by atoms with Crippen LogP contribution in [-0.4, -0.2) is 23.9 Å². The summed E-state index contributed by atoms with van der Waals surface area (Å²) in [5, 5.41) is 8.27. The molecule has 0 aliphatic rings. The molecule has 1 aromatic rings. The van der Waals surface area contributed by atoms with Crippen LogP contribution in [0.4, 0.5) is 4.39 Å². The first-order chi connectivity index (χ1) is 7.20. The van der Waals surface area contributed by atoms with Crippen LogP contribution in [-0.2, 0) is 16.1 Å². The van der Waals surface area contributed by atoms with E-state index < -0.39 is 12.1 Å². The van der Waals surface area contributed by atoms with Crippen LogP contribution < -0.4 is 0 Å². The zero-order valence-electron chi connectivity index (χ0n) is 8.23. The highest BCUT2D eigenvalue weighted by atomic mass is 19.1. The van der Waals surface area contributed by atoms with E-state index >= 15 is 0 Å². The monoisotopic (exact) mass is 212 g/mol. The normalized spacial score (nSPS) is 12.3. The summed E-state index contributed by atoms with van der Waals surface area (Å²) < 4.78 is 17.7. The van der Waals surface area contributed by atoms with Crippen LogP contribution >= 0.6 is 0 Å². The second-order valence-electron chi connectivity index (χ2n) is 3.13. The van der Waals surface area contributed by atoms with E-state index in [1.54, 1.807) is 0 Å². The van der Waals surface area contributed by atoms with Crippen LogP contribution in [0.15, 0.2) is 30.3 Å². The minimum atomic E-state index is -1.83. The number of halogens is 1. The minimum absolute atomic E-state index is 0.109. The predicted molar refractivity (Wildman–Crippen MR) is 53.2 cm³/mol. The zero-order valence-corrected chi connectivity index (χ0v) is 8.23. The summed E-state index contributed by atoms with van der Waals surface area (Å²) in [6.07, 6.45) is -1.94. The maximum Gasteiger partial charge on any atom is 0.338 e. The molecular formula is C11H13FO3. The highest BCUT2D eigenvalue weighted by Gasteiger charge is 2.14. The first kappa shape index (κ1) is 11.7. The van der Waals surface area contributed by atoms with Crippen molar-refractivity contribution >= 4 is 5.97 Å². The second kappa shape index (κ2) is 6.14. The lowest BCUT2D eigenvalue weighted by Gasteiger charge is -2.05. The third-order valence-corrected chi connectivity index (χ3v) is 1.90. The fourth-order valence-electron chi connectivity index (χ4n) is 1.07. The Morgan fingerprint density at radius 1 is 1.40 bits per heavy atom. The molecule has 0 amide bonds. The van der Waals surface area contributed by atoms with Gasteiger partial charge in [-0.1, -0.05) is 30.3 Å². The maximum atomic E-state index is 12.6. The Kier molecular flexibility index (Phi) is 4.77. The van der Waals surface area contributed by atoms with Crippen LogP contribution in [0.5, 0.6) is 0 Å². The maximum absolute atomic E-state index is 12.6. The van der Waals surface area contributed by atoms with Crippen molar-refractivity contribution in [2.45, 2.75) is 19.2 Å². The molecule has 0 aliphatic carbocycles. The van der Waals surface area contributed by atoms with Crippen LogP contribution in [0.1, 0.15) is 12.0 Å². The van der Waals surface area contributed by atoms with E-state index in [9.17, 15) is 9.18 Å². The van der Waals surface area contributed by atoms with Gasteiger partial charge in [-0.2, -0.15) is 0 Å². The number of aliphatic carboxylic acids is 1. The summed E-state index contributed by atoms with van der Waals surface area (Å²) in [7, 11) is 0. The number of rotatable bonds is 6. The number of hydrogen-bond donors (Lipinski definition) is 1. The molecule has 0 saturated heterocycles. The fourth-order valence-corrected chi connectivity index (χ4v) is 1.07. The molecule has 0 spiro atoms. The summed E-state index contributed by atoms with van der Waals surface area (Å²) in [6, 6.07) is 9.45. The molecule has 0 aliphatic heterocycles. The topological polar surface area (TPSA) is 46.5 Å². The van der Waals surface area contributed by atoms with Gasteiger partial charge in [0.1, 0.15) is 0 Å². The van der Waals surface area contributed by atoms with Crippen LogP contribution in [0, 0.1) is 0 Å². The molecule has 15 heavy (non-hydrogen) atoms. The summed E-state index contributed by atoms with van der Waals surface area (Å²) in [5.41, 5.74) is 0.989. The van der Waals surface area contributed by atoms with Gasteiger partial charge in [0.25, 0.3) is 0 Å². The average Bonchev–Trinajstić information content (AvgIpc) is 2.25. The second-order valence-corrected chi connectivity index (χ2v) is 3.13. The van der Waals surface area contributed by atoms with Gasteiger partial charge in [0, 0.05) is 6.42 Å². The van der Waals surface area contributed by atoms with Gasteiger partial charge in [-0.15, -0.1) is 0 Å². The lowest BCUT2D eigenvalue weighted by molar-refractivity contribution is -0.143. The van der Waals surface area contributed by atoms with E-state index in [2.05, 4.69) is 0 Å². The summed E-state index contributed by atoms with van der Waals surface area (Å²) >= 11 is 0. The molecule has 1 N–H and O–H groups in total. The molecule has 1 rings (SSSR count). The van der Waals surface area contributed by atoms with E-state index in [4.69, 9.17) is 9.84 Å². The van der Waals surface area contributed by atoms with E-state index in [-0.39, 0.29) is 13.0 Å². The van der Waals surface area contributed by atoms with Crippen molar-refractivity contribution in [3.05, 3.63) is 35.9 Å². The molecule has 0 aromatic heterocycles. The molecule has 1 aromatic carbocycles. The standard InChI is InChI=1S/C11H13FO3/c12-10(11(13)14)6-7-15-8-9-4-2-1-3-5-9/h1-5,10H,6-8H2,(H,13,14)/t10-/m1/s1. The number of alkyl halides is 1. The summed E-state index contributed by atoms with van der Waals surface area (Å²) in [6.45, 7) is 0.496. The molecule has 0 heterocycles. The van der Waals surface area contributed by atoms with Crippen molar-refractivity contribution in [3.63, 3.8) is 0 Å². The Morgan fingerprint density at radius 3 is 2.67 bits per heavy atom. The Morgan fingerprint density at radius 2 is 2.07 bits per heavy atom. The van der Waals surface area contributed by atoms with Crippen molar-refractivity contribution in [1.82, 2.24) is 0 Å². The SMILES string of the molecule is O=C(O)[C@H](F)CCOCc1ccccc1. The molecule has 0 bridgehead atoms. The van der Waals surface area contributed by atoms with Gasteiger partial charge in [-0.25, -0.2) is 9.18 Å². The van der Waals surface area contributed by atoms with Gasteiger partial charge < -0.3 is 9.84 Å². The van der Waals surface area contributed by atoms with Crippen LogP contribution in [0.2, 0.25) is 0 Å². The Hall–Kier alpha value is -1.42. The highest BCUT2D eigenvalue weighted by Crippen LogP contribution is 2.03. The third kappa shape index (κ3) is 4.56. The van der Waals surface area contributed by atoms with Gasteiger partial charge in [0.2, 0.25) is 0 Å². The Bertz CT molecular complexity index is 300. The first-order valence-electron chi connectivity index (χ1n) is 4.68. The lowest BCUT2D eigenvalue weighted by Crippen LogP contribution is -2.16. The minimum Gasteiger partial charge on any atom is -0.479 e. The number of carboxylic acid groups (broad SMARTS) is 1. The van der Waals surface area contributed by atoms with Crippen LogP contribution in [0.3, 0.4) is 0 Å². The molecule has 1 atom stereocenters. The summed E-state index contributed by atoms with van der Waals surface area (Å²) in [5.74, 6) is -1.43. The average molecular weight is 212 g/mol. The molecule has 82 valence electrons. The van der Waals surface area contributed by atoms with Crippen molar-refractivity contribution < 1.29 is 19.0 Å². The zero-order chi connectivity index (χ0) is 11.1. The molecular weight excluding hydrogens is 199 g/mol. The number of hydrogen-bond acceptors (Lipinski definition) is 2. The van der Waals surface area contributed by atoms with E-state index in [1.807, 2.05) is 30.3 Å². The largest absolute Gasteiger partial charge is 0.479 e. The van der Waals surface area contributed by atoms with Crippen LogP contribution in [0.25, 0.3) is 0 Å². The van der Waals surface area contributed by atoms with Crippen molar-refractivity contribution in [2.24, 2.45) is 0 Å². The van der Waals surface area contributed by atoms with E-state index in [0.29, 0.717) is 6.61 Å². The van der Waals surface area contributed by atoms with Gasteiger partial charge in [0.05, 0.1) is 13.2 Å². The van der Waals surface area contributed by atoms with Gasteiger partial charge in [-0.3, -0.25) is 0 Å². The van der Waals surface area contributed by atoms with Gasteiger partial charge in [-0.05, 0) is 5.56 Å². The van der Waals surface area contributed by atoms with Gasteiger partial charge in [0.15, 0.2) is 6.17 Å². The quantitative estimate of drug-likeness (QED) is 0.734. The molecule has 0 saturated carbocycles. The Balaban J connectivity index is 2.15. The third-order valence-electron chi connectivity index (χ3n) is 1.90. The predicted octanol–water partition coefficient (Wildman–Crippen LogP) is 2.02. The van der Waals surface area contributed by atoms with E-state index in [0.717, 1.165) is 5.56 Å². The number of benzene rings is 1. The molecule has 4 heteroatoms. The van der Waals surface area contributed by atoms with E-state index in [1.165, 1.54) is 0 Å². The highest BCUT2D eigenvalue weighted by molar-refractivity contribution is 5.71.